The molecule has 0 fully saturated rings. The van der Waals surface area contributed by atoms with Gasteiger partial charge in [-0.25, -0.2) is 9.78 Å². The Bertz CT molecular complexity index is 795. The fraction of sp³-hybridized carbons (Fsp3) is 0.412. The van der Waals surface area contributed by atoms with Gasteiger partial charge in [0.05, 0.1) is 21.2 Å². The van der Waals surface area contributed by atoms with Crippen molar-refractivity contribution in [1.29, 1.82) is 0 Å². The van der Waals surface area contributed by atoms with Crippen molar-refractivity contribution in [3.05, 3.63) is 38.7 Å². The molecule has 1 aromatic carbocycles. The number of carbonyl (C=O) groups excluding carboxylic acids is 1. The van der Waals surface area contributed by atoms with Crippen LogP contribution in [-0.2, 0) is 0 Å². The Morgan fingerprint density at radius 2 is 2.08 bits per heavy atom. The second-order valence-electron chi connectivity index (χ2n) is 6.47. The van der Waals surface area contributed by atoms with Gasteiger partial charge in [0.25, 0.3) is 5.69 Å². The van der Waals surface area contributed by atoms with Gasteiger partial charge in [-0.15, -0.1) is 11.3 Å². The number of nitrogens with zero attached hydrogens (tertiary/aromatic N) is 3. The number of aryl methyl sites for hydroxylation is 1. The molecule has 0 aliphatic rings. The minimum Gasteiger partial charge on any atom is -0.409 e. The normalized spacial score (nSPS) is 11.2. The van der Waals surface area contributed by atoms with E-state index in [1.807, 2.05) is 34.6 Å². The van der Waals surface area contributed by atoms with Crippen LogP contribution >= 0.6 is 11.3 Å². The monoisotopic (exact) mass is 363 g/mol. The van der Waals surface area contributed by atoms with Gasteiger partial charge in [-0.05, 0) is 40.7 Å². The van der Waals surface area contributed by atoms with E-state index in [4.69, 9.17) is 4.74 Å². The molecule has 0 atom stereocenters. The van der Waals surface area contributed by atoms with Crippen LogP contribution in [0.3, 0.4) is 0 Å². The average molecular weight is 363 g/mol. The number of hydrogen-bond donors (Lipinski definition) is 0. The molecule has 1 heterocycles. The molecule has 0 aliphatic heterocycles. The predicted molar refractivity (Wildman–Crippen MR) is 97.1 cm³/mol. The van der Waals surface area contributed by atoms with E-state index >= 15 is 0 Å². The fourth-order valence-corrected chi connectivity index (χ4v) is 3.05. The molecule has 0 N–H and O–H groups in total. The Kier molecular flexibility index (Phi) is 5.42. The van der Waals surface area contributed by atoms with Crippen LogP contribution in [0.25, 0.3) is 11.3 Å². The van der Waals surface area contributed by atoms with Crippen molar-refractivity contribution in [3.63, 3.8) is 0 Å². The van der Waals surface area contributed by atoms with Crippen LogP contribution in [-0.4, -0.2) is 33.0 Å². The Hall–Kier alpha value is -2.48. The number of carbonyl (C=O) groups is 1. The van der Waals surface area contributed by atoms with Crippen LogP contribution in [0, 0.1) is 17.0 Å². The van der Waals surface area contributed by atoms with Crippen LogP contribution in [0.4, 0.5) is 10.5 Å². The Morgan fingerprint density at radius 3 is 2.56 bits per heavy atom. The summed E-state index contributed by atoms with van der Waals surface area (Å²) in [6, 6.07) is 4.14. The molecule has 0 unspecified atom stereocenters. The van der Waals surface area contributed by atoms with Crippen molar-refractivity contribution in [2.45, 2.75) is 40.2 Å². The summed E-state index contributed by atoms with van der Waals surface area (Å²) in [6.45, 7) is 9.94. The zero-order valence-electron chi connectivity index (χ0n) is 14.9. The standard InChI is InChI=1S/C17H21N3O4S/c1-6-19(17(3,4)5)16(21)24-15-8-7-12(20(22)23)9-13(15)14-10-25-11(2)18-14/h7-10H,6H2,1-5H3. The van der Waals surface area contributed by atoms with Gasteiger partial charge in [0.15, 0.2) is 0 Å². The first-order valence-corrected chi connectivity index (χ1v) is 8.72. The lowest BCUT2D eigenvalue weighted by atomic mass is 10.1. The molecule has 7 nitrogen and oxygen atoms in total. The van der Waals surface area contributed by atoms with Gasteiger partial charge >= 0.3 is 6.09 Å². The molecule has 0 saturated carbocycles. The number of aromatic nitrogens is 1. The molecule has 1 aromatic heterocycles. The Labute approximate surface area is 150 Å². The smallest absolute Gasteiger partial charge is 0.409 e. The Morgan fingerprint density at radius 1 is 1.40 bits per heavy atom. The highest BCUT2D eigenvalue weighted by molar-refractivity contribution is 7.09. The first kappa shape index (κ1) is 18.9. The number of ether oxygens (including phenoxy) is 1. The highest BCUT2D eigenvalue weighted by Gasteiger charge is 2.28. The van der Waals surface area contributed by atoms with E-state index in [0.29, 0.717) is 17.8 Å². The molecule has 2 aromatic rings. The van der Waals surface area contributed by atoms with Crippen molar-refractivity contribution in [2.24, 2.45) is 0 Å². The molecular weight excluding hydrogens is 342 g/mol. The van der Waals surface area contributed by atoms with Gasteiger partial charge in [0, 0.05) is 29.6 Å². The summed E-state index contributed by atoms with van der Waals surface area (Å²) in [5.74, 6) is 0.253. The molecule has 8 heteroatoms. The van der Waals surface area contributed by atoms with Crippen molar-refractivity contribution >= 4 is 23.1 Å². The third-order valence-corrected chi connectivity index (χ3v) is 4.39. The maximum atomic E-state index is 12.5. The predicted octanol–water partition coefficient (Wildman–Crippen LogP) is 4.65. The van der Waals surface area contributed by atoms with Gasteiger partial charge in [0.1, 0.15) is 5.75 Å². The van der Waals surface area contributed by atoms with E-state index in [2.05, 4.69) is 4.98 Å². The van der Waals surface area contributed by atoms with Crippen LogP contribution < -0.4 is 4.74 Å². The minimum absolute atomic E-state index is 0.0800. The minimum atomic E-state index is -0.503. The summed E-state index contributed by atoms with van der Waals surface area (Å²) in [7, 11) is 0. The van der Waals surface area contributed by atoms with Gasteiger partial charge in [-0.2, -0.15) is 0 Å². The molecule has 0 radical (unpaired) electrons. The van der Waals surface area contributed by atoms with Crippen molar-refractivity contribution in [1.82, 2.24) is 9.88 Å². The molecule has 25 heavy (non-hydrogen) atoms. The quantitative estimate of drug-likeness (QED) is 0.583. The average Bonchev–Trinajstić information content (AvgIpc) is 2.93. The van der Waals surface area contributed by atoms with Gasteiger partial charge in [-0.3, -0.25) is 10.1 Å². The van der Waals surface area contributed by atoms with E-state index in [0.717, 1.165) is 5.01 Å². The number of thiazole rings is 1. The zero-order valence-corrected chi connectivity index (χ0v) is 15.7. The zero-order chi connectivity index (χ0) is 18.8. The number of rotatable bonds is 4. The molecule has 0 aliphatic carbocycles. The van der Waals surface area contributed by atoms with Crippen molar-refractivity contribution < 1.29 is 14.5 Å². The summed E-state index contributed by atoms with van der Waals surface area (Å²) in [5, 5.41) is 13.7. The van der Waals surface area contributed by atoms with Crippen molar-refractivity contribution in [2.75, 3.05) is 6.54 Å². The van der Waals surface area contributed by atoms with Crippen LogP contribution in [0.2, 0.25) is 0 Å². The SMILES string of the molecule is CCN(C(=O)Oc1ccc([N+](=O)[O-])cc1-c1csc(C)n1)C(C)(C)C. The lowest BCUT2D eigenvalue weighted by Gasteiger charge is -2.33. The topological polar surface area (TPSA) is 85.6 Å². The van der Waals surface area contributed by atoms with E-state index in [-0.39, 0.29) is 11.4 Å². The fourth-order valence-electron chi connectivity index (χ4n) is 2.43. The van der Waals surface area contributed by atoms with E-state index in [1.54, 1.807) is 10.3 Å². The lowest BCUT2D eigenvalue weighted by molar-refractivity contribution is -0.384. The summed E-state index contributed by atoms with van der Waals surface area (Å²) in [6.07, 6.45) is -0.503. The van der Waals surface area contributed by atoms with Crippen LogP contribution in [0.15, 0.2) is 23.6 Å². The summed E-state index contributed by atoms with van der Waals surface area (Å²) in [5.41, 5.74) is 0.498. The highest BCUT2D eigenvalue weighted by Crippen LogP contribution is 2.34. The lowest BCUT2D eigenvalue weighted by Crippen LogP contribution is -2.46. The van der Waals surface area contributed by atoms with Crippen molar-refractivity contribution in [3.8, 4) is 17.0 Å². The number of nitro benzene ring substituents is 1. The molecule has 0 saturated heterocycles. The molecule has 2 rings (SSSR count). The number of nitro groups is 1. The molecular formula is C17H21N3O4S. The summed E-state index contributed by atoms with van der Waals surface area (Å²) < 4.78 is 5.55. The van der Waals surface area contributed by atoms with Gasteiger partial charge < -0.3 is 9.64 Å². The highest BCUT2D eigenvalue weighted by atomic mass is 32.1. The third-order valence-electron chi connectivity index (χ3n) is 3.61. The maximum Gasteiger partial charge on any atom is 0.415 e. The van der Waals surface area contributed by atoms with E-state index < -0.39 is 16.6 Å². The molecule has 134 valence electrons. The van der Waals surface area contributed by atoms with Crippen LogP contribution in [0.5, 0.6) is 5.75 Å². The molecule has 0 bridgehead atoms. The molecule has 0 spiro atoms. The first-order chi connectivity index (χ1) is 11.6. The molecule has 1 amide bonds. The number of amides is 1. The van der Waals surface area contributed by atoms with Crippen LogP contribution in [0.1, 0.15) is 32.7 Å². The first-order valence-electron chi connectivity index (χ1n) is 7.84. The van der Waals surface area contributed by atoms with Gasteiger partial charge in [-0.1, -0.05) is 0 Å². The maximum absolute atomic E-state index is 12.5. The number of hydrogen-bond acceptors (Lipinski definition) is 6. The third kappa shape index (κ3) is 4.33. The number of non-ortho nitro benzene ring substituents is 1. The van der Waals surface area contributed by atoms with Gasteiger partial charge in [0.2, 0.25) is 0 Å². The summed E-state index contributed by atoms with van der Waals surface area (Å²) in [4.78, 5) is 29.1. The van der Waals surface area contributed by atoms with E-state index in [9.17, 15) is 14.9 Å². The summed E-state index contributed by atoms with van der Waals surface area (Å²) >= 11 is 1.42. The second-order valence-corrected chi connectivity index (χ2v) is 7.53. The number of benzene rings is 1. The Balaban J connectivity index is 2.43. The second kappa shape index (κ2) is 7.18. The largest absolute Gasteiger partial charge is 0.415 e. The van der Waals surface area contributed by atoms with E-state index in [1.165, 1.54) is 29.5 Å².